The maximum absolute atomic E-state index is 11.9. The molecule has 0 atom stereocenters. The van der Waals surface area contributed by atoms with Gasteiger partial charge in [-0.25, -0.2) is 0 Å². The van der Waals surface area contributed by atoms with Gasteiger partial charge in [0.1, 0.15) is 0 Å². The molecule has 4 rings (SSSR count). The number of fused-ring (bicyclic) bond motifs is 3. The zero-order valence-corrected chi connectivity index (χ0v) is 14.3. The van der Waals surface area contributed by atoms with Gasteiger partial charge >= 0.3 is 0 Å². The SMILES string of the molecule is Cc1ccc(C)c(Cn2c3ccc[c]c3c3c(C(N)=O)cccc32)c1. The summed E-state index contributed by atoms with van der Waals surface area (Å²) in [5, 5.41) is 1.83. The van der Waals surface area contributed by atoms with Crippen LogP contribution in [-0.2, 0) is 6.54 Å². The molecule has 123 valence electrons. The van der Waals surface area contributed by atoms with Gasteiger partial charge in [0.05, 0.1) is 11.0 Å². The van der Waals surface area contributed by atoms with Crippen LogP contribution in [0.4, 0.5) is 0 Å². The smallest absolute Gasteiger partial charge is 0.249 e. The largest absolute Gasteiger partial charge is 0.366 e. The summed E-state index contributed by atoms with van der Waals surface area (Å²) in [5.41, 5.74) is 12.0. The number of nitrogens with two attached hydrogens (primary N) is 1. The van der Waals surface area contributed by atoms with E-state index in [1.54, 1.807) is 6.07 Å². The van der Waals surface area contributed by atoms with Crippen LogP contribution in [0.2, 0.25) is 0 Å². The Labute approximate surface area is 146 Å². The lowest BCUT2D eigenvalue weighted by atomic mass is 10.1. The summed E-state index contributed by atoms with van der Waals surface area (Å²) in [6.07, 6.45) is 0. The highest BCUT2D eigenvalue weighted by Crippen LogP contribution is 2.32. The maximum atomic E-state index is 11.9. The minimum Gasteiger partial charge on any atom is -0.366 e. The van der Waals surface area contributed by atoms with Crippen LogP contribution in [0.25, 0.3) is 21.8 Å². The first kappa shape index (κ1) is 15.5. The van der Waals surface area contributed by atoms with Crippen LogP contribution >= 0.6 is 0 Å². The van der Waals surface area contributed by atoms with Crippen molar-refractivity contribution < 1.29 is 4.79 Å². The van der Waals surface area contributed by atoms with Crippen LogP contribution in [0.5, 0.6) is 0 Å². The second kappa shape index (κ2) is 5.78. The molecule has 2 N–H and O–H groups in total. The normalized spacial score (nSPS) is 11.3. The van der Waals surface area contributed by atoms with Gasteiger partial charge in [0, 0.05) is 22.9 Å². The average Bonchev–Trinajstić information content (AvgIpc) is 2.92. The minimum absolute atomic E-state index is 0.409. The van der Waals surface area contributed by atoms with Crippen molar-refractivity contribution in [3.05, 3.63) is 82.9 Å². The monoisotopic (exact) mass is 327 g/mol. The Bertz CT molecular complexity index is 1120. The minimum atomic E-state index is -0.409. The molecule has 0 saturated carbocycles. The van der Waals surface area contributed by atoms with E-state index in [1.807, 2.05) is 24.3 Å². The van der Waals surface area contributed by atoms with E-state index in [-0.39, 0.29) is 0 Å². The summed E-state index contributed by atoms with van der Waals surface area (Å²) in [4.78, 5) is 11.9. The van der Waals surface area contributed by atoms with E-state index in [4.69, 9.17) is 5.73 Å². The first-order valence-corrected chi connectivity index (χ1v) is 8.34. The number of aryl methyl sites for hydroxylation is 2. The average molecular weight is 327 g/mol. The summed E-state index contributed by atoms with van der Waals surface area (Å²) in [6.45, 7) is 4.98. The number of carbonyl (C=O) groups is 1. The number of amides is 1. The molecule has 0 spiro atoms. The van der Waals surface area contributed by atoms with E-state index in [2.05, 4.69) is 48.7 Å². The molecular weight excluding hydrogens is 308 g/mol. The van der Waals surface area contributed by atoms with Crippen LogP contribution < -0.4 is 5.73 Å². The van der Waals surface area contributed by atoms with Gasteiger partial charge in [-0.15, -0.1) is 0 Å². The summed E-state index contributed by atoms with van der Waals surface area (Å²) < 4.78 is 2.25. The molecule has 1 amide bonds. The Balaban J connectivity index is 2.04. The van der Waals surface area contributed by atoms with Crippen molar-refractivity contribution in [2.75, 3.05) is 0 Å². The molecule has 0 unspecified atom stereocenters. The molecule has 0 saturated heterocycles. The molecule has 3 aromatic carbocycles. The maximum Gasteiger partial charge on any atom is 0.249 e. The Hall–Kier alpha value is -3.07. The van der Waals surface area contributed by atoms with E-state index in [0.717, 1.165) is 28.4 Å². The fourth-order valence-electron chi connectivity index (χ4n) is 3.53. The van der Waals surface area contributed by atoms with Crippen LogP contribution in [0.3, 0.4) is 0 Å². The highest BCUT2D eigenvalue weighted by atomic mass is 16.1. The number of rotatable bonds is 3. The van der Waals surface area contributed by atoms with E-state index in [9.17, 15) is 4.79 Å². The number of carbonyl (C=O) groups excluding carboxylic acids is 1. The van der Waals surface area contributed by atoms with Crippen LogP contribution in [0.1, 0.15) is 27.0 Å². The molecule has 3 heteroatoms. The zero-order valence-electron chi connectivity index (χ0n) is 14.3. The second-order valence-corrected chi connectivity index (χ2v) is 6.51. The molecule has 4 aromatic rings. The molecule has 1 radical (unpaired) electrons. The van der Waals surface area contributed by atoms with Crippen molar-refractivity contribution in [1.82, 2.24) is 4.57 Å². The topological polar surface area (TPSA) is 48.0 Å². The molecule has 1 aromatic heterocycles. The number of primary amides is 1. The lowest BCUT2D eigenvalue weighted by Crippen LogP contribution is -2.11. The van der Waals surface area contributed by atoms with Gasteiger partial charge in [0.2, 0.25) is 5.91 Å². The third-order valence-electron chi connectivity index (χ3n) is 4.81. The van der Waals surface area contributed by atoms with E-state index in [1.165, 1.54) is 16.7 Å². The summed E-state index contributed by atoms with van der Waals surface area (Å²) in [5.74, 6) is -0.409. The Kier molecular flexibility index (Phi) is 3.57. The van der Waals surface area contributed by atoms with Crippen LogP contribution in [-0.4, -0.2) is 10.5 Å². The van der Waals surface area contributed by atoms with Crippen molar-refractivity contribution in [3.8, 4) is 0 Å². The number of hydrogen-bond donors (Lipinski definition) is 1. The fourth-order valence-corrected chi connectivity index (χ4v) is 3.53. The number of aromatic nitrogens is 1. The van der Waals surface area contributed by atoms with Gasteiger partial charge in [-0.1, -0.05) is 42.0 Å². The molecule has 3 nitrogen and oxygen atoms in total. The summed E-state index contributed by atoms with van der Waals surface area (Å²) in [6, 6.07) is 21.4. The first-order chi connectivity index (χ1) is 12.1. The molecule has 0 bridgehead atoms. The van der Waals surface area contributed by atoms with Gasteiger partial charge in [-0.3, -0.25) is 4.79 Å². The first-order valence-electron chi connectivity index (χ1n) is 8.34. The highest BCUT2D eigenvalue weighted by Gasteiger charge is 2.16. The van der Waals surface area contributed by atoms with Gasteiger partial charge in [0.25, 0.3) is 0 Å². The highest BCUT2D eigenvalue weighted by molar-refractivity contribution is 6.17. The van der Waals surface area contributed by atoms with Gasteiger partial charge < -0.3 is 10.3 Å². The Morgan fingerprint density at radius 2 is 1.88 bits per heavy atom. The molecule has 1 heterocycles. The summed E-state index contributed by atoms with van der Waals surface area (Å²) >= 11 is 0. The number of nitrogens with zero attached hydrogens (tertiary/aromatic N) is 1. The molecule has 0 aliphatic rings. The predicted molar refractivity (Wildman–Crippen MR) is 102 cm³/mol. The van der Waals surface area contributed by atoms with Crippen LogP contribution in [0.15, 0.2) is 54.6 Å². The molecule has 25 heavy (non-hydrogen) atoms. The third-order valence-corrected chi connectivity index (χ3v) is 4.81. The summed E-state index contributed by atoms with van der Waals surface area (Å²) in [7, 11) is 0. The van der Waals surface area contributed by atoms with Gasteiger partial charge in [0.15, 0.2) is 0 Å². The fraction of sp³-hybridized carbons (Fsp3) is 0.136. The lowest BCUT2D eigenvalue weighted by Gasteiger charge is -2.11. The number of hydrogen-bond acceptors (Lipinski definition) is 1. The quantitative estimate of drug-likeness (QED) is 0.597. The molecule has 0 aliphatic carbocycles. The van der Waals surface area contributed by atoms with Crippen molar-refractivity contribution in [1.29, 1.82) is 0 Å². The Morgan fingerprint density at radius 3 is 2.68 bits per heavy atom. The van der Waals surface area contributed by atoms with Crippen LogP contribution in [0, 0.1) is 19.9 Å². The predicted octanol–water partition coefficient (Wildman–Crippen LogP) is 4.36. The van der Waals surface area contributed by atoms with Gasteiger partial charge in [-0.05, 0) is 49.2 Å². The van der Waals surface area contributed by atoms with E-state index >= 15 is 0 Å². The molecule has 0 fully saturated rings. The van der Waals surface area contributed by atoms with Crippen molar-refractivity contribution in [2.45, 2.75) is 20.4 Å². The molecular formula is C22H19N2O. The zero-order chi connectivity index (χ0) is 17.6. The van der Waals surface area contributed by atoms with E-state index < -0.39 is 5.91 Å². The molecule has 0 aliphatic heterocycles. The van der Waals surface area contributed by atoms with Crippen molar-refractivity contribution in [3.63, 3.8) is 0 Å². The lowest BCUT2D eigenvalue weighted by molar-refractivity contribution is 0.100. The Morgan fingerprint density at radius 1 is 1.08 bits per heavy atom. The standard InChI is InChI=1S/C22H19N2O/c1-14-10-11-15(2)16(12-14)13-24-19-8-4-3-6-17(19)21-18(22(23)25)7-5-9-20(21)24/h3-5,7-12H,13H2,1-2H3,(H2,23,25). The van der Waals surface area contributed by atoms with Crippen molar-refractivity contribution >= 4 is 27.7 Å². The van der Waals surface area contributed by atoms with Gasteiger partial charge in [-0.2, -0.15) is 0 Å². The third kappa shape index (κ3) is 2.49. The second-order valence-electron chi connectivity index (χ2n) is 6.51. The van der Waals surface area contributed by atoms with E-state index in [0.29, 0.717) is 5.56 Å². The number of benzene rings is 3. The van der Waals surface area contributed by atoms with Crippen molar-refractivity contribution in [2.24, 2.45) is 5.73 Å².